The zero-order valence-corrected chi connectivity index (χ0v) is 14.1. The average molecular weight is 354 g/mol. The molecule has 1 heterocycles. The molecule has 1 aromatic heterocycles. The molecule has 2 aromatic rings. The summed E-state index contributed by atoms with van der Waals surface area (Å²) in [5, 5.41) is 3.13. The lowest BCUT2D eigenvalue weighted by molar-refractivity contribution is 0.259. The first-order valence-electron chi connectivity index (χ1n) is 6.84. The summed E-state index contributed by atoms with van der Waals surface area (Å²) in [5.74, 6) is 2.31. The molecular weight excluding hydrogens is 334 g/mol. The third-order valence-electron chi connectivity index (χ3n) is 3.02. The van der Waals surface area contributed by atoms with Crippen molar-refractivity contribution in [1.82, 2.24) is 14.9 Å². The molecule has 5 nitrogen and oxygen atoms in total. The number of hydrogen-bond acceptors (Lipinski definition) is 4. The first kappa shape index (κ1) is 15.9. The SMILES string of the molecule is CCOc1cc(CNC)cc(Br)c1OCc1nccn1C. The lowest BCUT2D eigenvalue weighted by atomic mass is 10.2. The molecule has 114 valence electrons. The maximum absolute atomic E-state index is 5.90. The summed E-state index contributed by atoms with van der Waals surface area (Å²) in [6, 6.07) is 4.03. The summed E-state index contributed by atoms with van der Waals surface area (Å²) in [4.78, 5) is 4.25. The van der Waals surface area contributed by atoms with E-state index in [9.17, 15) is 0 Å². The van der Waals surface area contributed by atoms with Gasteiger partial charge in [-0.05, 0) is 47.6 Å². The van der Waals surface area contributed by atoms with Gasteiger partial charge in [-0.2, -0.15) is 0 Å². The molecule has 0 aliphatic rings. The fraction of sp³-hybridized carbons (Fsp3) is 0.400. The van der Waals surface area contributed by atoms with Gasteiger partial charge in [0.2, 0.25) is 0 Å². The highest BCUT2D eigenvalue weighted by Gasteiger charge is 2.13. The average Bonchev–Trinajstić information content (AvgIpc) is 2.84. The van der Waals surface area contributed by atoms with E-state index in [0.29, 0.717) is 19.0 Å². The molecule has 0 aliphatic carbocycles. The van der Waals surface area contributed by atoms with E-state index >= 15 is 0 Å². The number of benzene rings is 1. The van der Waals surface area contributed by atoms with Gasteiger partial charge < -0.3 is 19.4 Å². The molecule has 21 heavy (non-hydrogen) atoms. The second kappa shape index (κ2) is 7.47. The number of rotatable bonds is 7. The van der Waals surface area contributed by atoms with Crippen LogP contribution in [0.4, 0.5) is 0 Å². The van der Waals surface area contributed by atoms with E-state index in [0.717, 1.165) is 28.2 Å². The number of aromatic nitrogens is 2. The fourth-order valence-electron chi connectivity index (χ4n) is 2.00. The molecule has 0 amide bonds. The van der Waals surface area contributed by atoms with Crippen LogP contribution in [0, 0.1) is 0 Å². The van der Waals surface area contributed by atoms with Gasteiger partial charge in [0.25, 0.3) is 0 Å². The molecule has 0 unspecified atom stereocenters. The lowest BCUT2D eigenvalue weighted by Gasteiger charge is -2.15. The minimum atomic E-state index is 0.396. The Kier molecular flexibility index (Phi) is 5.64. The fourth-order valence-corrected chi connectivity index (χ4v) is 2.61. The van der Waals surface area contributed by atoms with Crippen molar-refractivity contribution in [1.29, 1.82) is 0 Å². The Bertz CT molecular complexity index is 599. The third kappa shape index (κ3) is 3.98. The summed E-state index contributed by atoms with van der Waals surface area (Å²) < 4.78 is 14.4. The quantitative estimate of drug-likeness (QED) is 0.831. The van der Waals surface area contributed by atoms with E-state index in [1.54, 1.807) is 6.20 Å². The van der Waals surface area contributed by atoms with Crippen LogP contribution in [0.25, 0.3) is 0 Å². The Labute approximate surface area is 133 Å². The lowest BCUT2D eigenvalue weighted by Crippen LogP contribution is -2.08. The van der Waals surface area contributed by atoms with E-state index in [1.165, 1.54) is 0 Å². The summed E-state index contributed by atoms with van der Waals surface area (Å²) in [6.45, 7) is 3.72. The molecule has 0 spiro atoms. The van der Waals surface area contributed by atoms with Crippen LogP contribution in [0.3, 0.4) is 0 Å². The van der Waals surface area contributed by atoms with Gasteiger partial charge in [0.1, 0.15) is 12.4 Å². The van der Waals surface area contributed by atoms with Crippen LogP contribution in [-0.2, 0) is 20.2 Å². The van der Waals surface area contributed by atoms with Gasteiger partial charge in [-0.3, -0.25) is 0 Å². The van der Waals surface area contributed by atoms with Gasteiger partial charge >= 0.3 is 0 Å². The second-order valence-corrected chi connectivity index (χ2v) is 5.47. The molecule has 1 aromatic carbocycles. The maximum atomic E-state index is 5.90. The smallest absolute Gasteiger partial charge is 0.176 e. The molecule has 0 saturated carbocycles. The standard InChI is InChI=1S/C15H20BrN3O2/c1-4-20-13-8-11(9-17-2)7-12(16)15(13)21-10-14-18-5-6-19(14)3/h5-8,17H,4,9-10H2,1-3H3. The molecular formula is C15H20BrN3O2. The van der Waals surface area contributed by atoms with E-state index in [2.05, 4.69) is 26.2 Å². The van der Waals surface area contributed by atoms with Crippen molar-refractivity contribution in [2.45, 2.75) is 20.1 Å². The largest absolute Gasteiger partial charge is 0.490 e. The van der Waals surface area contributed by atoms with E-state index in [1.807, 2.05) is 43.9 Å². The monoisotopic (exact) mass is 353 g/mol. The molecule has 0 radical (unpaired) electrons. The van der Waals surface area contributed by atoms with Crippen LogP contribution in [0.1, 0.15) is 18.3 Å². The van der Waals surface area contributed by atoms with Gasteiger partial charge in [-0.25, -0.2) is 4.98 Å². The van der Waals surface area contributed by atoms with Crippen molar-refractivity contribution in [2.75, 3.05) is 13.7 Å². The van der Waals surface area contributed by atoms with Gasteiger partial charge in [0, 0.05) is 26.0 Å². The predicted molar refractivity (Wildman–Crippen MR) is 85.6 cm³/mol. The van der Waals surface area contributed by atoms with E-state index in [-0.39, 0.29) is 0 Å². The number of ether oxygens (including phenoxy) is 2. The Morgan fingerprint density at radius 1 is 1.33 bits per heavy atom. The summed E-state index contributed by atoms with van der Waals surface area (Å²) in [6.07, 6.45) is 3.65. The zero-order chi connectivity index (χ0) is 15.2. The molecule has 0 fully saturated rings. The Morgan fingerprint density at radius 3 is 2.76 bits per heavy atom. The topological polar surface area (TPSA) is 48.3 Å². The predicted octanol–water partition coefficient (Wildman–Crippen LogP) is 2.88. The number of nitrogens with zero attached hydrogens (tertiary/aromatic N) is 2. The van der Waals surface area contributed by atoms with Crippen LogP contribution < -0.4 is 14.8 Å². The van der Waals surface area contributed by atoms with Crippen molar-refractivity contribution in [3.8, 4) is 11.5 Å². The number of halogens is 1. The first-order chi connectivity index (χ1) is 10.2. The summed E-state index contributed by atoms with van der Waals surface area (Å²) >= 11 is 3.56. The van der Waals surface area contributed by atoms with Crippen LogP contribution in [0.2, 0.25) is 0 Å². The van der Waals surface area contributed by atoms with Crippen molar-refractivity contribution in [3.05, 3.63) is 40.4 Å². The zero-order valence-electron chi connectivity index (χ0n) is 12.5. The molecule has 6 heteroatoms. The van der Waals surface area contributed by atoms with Gasteiger partial charge in [-0.15, -0.1) is 0 Å². The maximum Gasteiger partial charge on any atom is 0.176 e. The van der Waals surface area contributed by atoms with Crippen molar-refractivity contribution in [3.63, 3.8) is 0 Å². The van der Waals surface area contributed by atoms with Crippen LogP contribution in [-0.4, -0.2) is 23.2 Å². The van der Waals surface area contributed by atoms with Gasteiger partial charge in [0.15, 0.2) is 11.5 Å². The molecule has 0 saturated heterocycles. The highest BCUT2D eigenvalue weighted by Crippen LogP contribution is 2.37. The van der Waals surface area contributed by atoms with Crippen LogP contribution in [0.15, 0.2) is 29.0 Å². The van der Waals surface area contributed by atoms with Gasteiger partial charge in [0.05, 0.1) is 11.1 Å². The highest BCUT2D eigenvalue weighted by atomic mass is 79.9. The molecule has 1 N–H and O–H groups in total. The highest BCUT2D eigenvalue weighted by molar-refractivity contribution is 9.10. The first-order valence-corrected chi connectivity index (χ1v) is 7.63. The van der Waals surface area contributed by atoms with Crippen molar-refractivity contribution in [2.24, 2.45) is 7.05 Å². The van der Waals surface area contributed by atoms with E-state index in [4.69, 9.17) is 9.47 Å². The third-order valence-corrected chi connectivity index (χ3v) is 3.61. The number of imidazole rings is 1. The van der Waals surface area contributed by atoms with E-state index < -0.39 is 0 Å². The van der Waals surface area contributed by atoms with Gasteiger partial charge in [-0.1, -0.05) is 0 Å². The molecule has 0 bridgehead atoms. The minimum Gasteiger partial charge on any atom is -0.490 e. The molecule has 2 rings (SSSR count). The number of hydrogen-bond donors (Lipinski definition) is 1. The summed E-state index contributed by atoms with van der Waals surface area (Å²) in [7, 11) is 3.86. The number of aryl methyl sites for hydroxylation is 1. The van der Waals surface area contributed by atoms with Crippen LogP contribution >= 0.6 is 15.9 Å². The Hall–Kier alpha value is -1.53. The normalized spacial score (nSPS) is 10.7. The number of nitrogens with one attached hydrogen (secondary N) is 1. The van der Waals surface area contributed by atoms with Crippen LogP contribution in [0.5, 0.6) is 11.5 Å². The summed E-state index contributed by atoms with van der Waals surface area (Å²) in [5.41, 5.74) is 1.14. The van der Waals surface area contributed by atoms with Crippen molar-refractivity contribution >= 4 is 15.9 Å². The Balaban J connectivity index is 2.22. The minimum absolute atomic E-state index is 0.396. The Morgan fingerprint density at radius 2 is 2.14 bits per heavy atom. The van der Waals surface area contributed by atoms with Crippen molar-refractivity contribution < 1.29 is 9.47 Å². The second-order valence-electron chi connectivity index (χ2n) is 4.61. The molecule has 0 aliphatic heterocycles. The molecule has 0 atom stereocenters.